The molecule has 0 saturated heterocycles. The van der Waals surface area contributed by atoms with Crippen LogP contribution in [-0.2, 0) is 0 Å². The van der Waals surface area contributed by atoms with E-state index in [1.807, 2.05) is 42.5 Å². The van der Waals surface area contributed by atoms with E-state index >= 15 is 0 Å². The molecule has 0 aliphatic heterocycles. The van der Waals surface area contributed by atoms with Crippen molar-refractivity contribution in [3.63, 3.8) is 0 Å². The molecule has 0 spiro atoms. The Morgan fingerprint density at radius 1 is 0.833 bits per heavy atom. The fourth-order valence-corrected chi connectivity index (χ4v) is 2.47. The molecular weight excluding hydrogens is 298 g/mol. The first-order valence-corrected chi connectivity index (χ1v) is 7.79. The normalized spacial score (nSPS) is 10.2. The van der Waals surface area contributed by atoms with Gasteiger partial charge in [-0.3, -0.25) is 4.79 Å². The van der Waals surface area contributed by atoms with Crippen molar-refractivity contribution >= 4 is 23.0 Å². The van der Waals surface area contributed by atoms with Crippen LogP contribution in [0.4, 0.5) is 17.1 Å². The van der Waals surface area contributed by atoms with Gasteiger partial charge in [0.15, 0.2) is 0 Å². The lowest BCUT2D eigenvalue weighted by Crippen LogP contribution is -2.13. The molecule has 2 aromatic carbocycles. The van der Waals surface area contributed by atoms with E-state index in [-0.39, 0.29) is 5.91 Å². The highest BCUT2D eigenvalue weighted by Gasteiger charge is 2.08. The number of para-hydroxylation sites is 2. The van der Waals surface area contributed by atoms with E-state index in [0.29, 0.717) is 5.69 Å². The molecule has 0 bridgehead atoms. The van der Waals surface area contributed by atoms with Crippen LogP contribution in [0.25, 0.3) is 0 Å². The number of benzene rings is 2. The van der Waals surface area contributed by atoms with Crippen LogP contribution in [0.2, 0.25) is 0 Å². The second kappa shape index (κ2) is 6.96. The minimum Gasteiger partial charge on any atom is -0.354 e. The zero-order valence-corrected chi connectivity index (χ0v) is 13.7. The summed E-state index contributed by atoms with van der Waals surface area (Å²) in [5.41, 5.74) is 5.39. The number of nitrogens with one attached hydrogen (secondary N) is 2. The molecule has 24 heavy (non-hydrogen) atoms. The van der Waals surface area contributed by atoms with E-state index in [0.717, 1.165) is 17.1 Å². The van der Waals surface area contributed by atoms with Crippen LogP contribution in [0.1, 0.15) is 21.6 Å². The summed E-state index contributed by atoms with van der Waals surface area (Å²) in [5.74, 6) is -0.222. The summed E-state index contributed by atoms with van der Waals surface area (Å²) >= 11 is 0. The summed E-state index contributed by atoms with van der Waals surface area (Å²) in [4.78, 5) is 16.5. The Kier molecular flexibility index (Phi) is 4.57. The molecule has 120 valence electrons. The van der Waals surface area contributed by atoms with Crippen LogP contribution in [0.5, 0.6) is 0 Å². The van der Waals surface area contributed by atoms with Crippen LogP contribution < -0.4 is 10.6 Å². The van der Waals surface area contributed by atoms with Crippen LogP contribution in [0.3, 0.4) is 0 Å². The number of anilines is 3. The van der Waals surface area contributed by atoms with E-state index in [1.54, 1.807) is 12.3 Å². The minimum atomic E-state index is -0.222. The maximum atomic E-state index is 12.2. The van der Waals surface area contributed by atoms with E-state index < -0.39 is 0 Å². The van der Waals surface area contributed by atoms with Gasteiger partial charge in [0.05, 0.1) is 11.9 Å². The van der Waals surface area contributed by atoms with Crippen LogP contribution >= 0.6 is 0 Å². The van der Waals surface area contributed by atoms with E-state index in [9.17, 15) is 4.79 Å². The maximum absolute atomic E-state index is 12.2. The van der Waals surface area contributed by atoms with Gasteiger partial charge in [0.1, 0.15) is 5.69 Å². The van der Waals surface area contributed by atoms with Gasteiger partial charge in [0.2, 0.25) is 0 Å². The number of amides is 1. The van der Waals surface area contributed by atoms with E-state index in [4.69, 9.17) is 0 Å². The van der Waals surface area contributed by atoms with Gasteiger partial charge in [-0.05, 0) is 49.2 Å². The number of rotatable bonds is 4. The third-order valence-electron chi connectivity index (χ3n) is 3.78. The van der Waals surface area contributed by atoms with Gasteiger partial charge in [-0.25, -0.2) is 4.98 Å². The quantitative estimate of drug-likeness (QED) is 0.733. The number of carbonyl (C=O) groups is 1. The number of aromatic nitrogens is 1. The summed E-state index contributed by atoms with van der Waals surface area (Å²) in [6.45, 7) is 4.12. The SMILES string of the molecule is Cc1cccc(C)c1Nc1ccc(C(=O)Nc2ccccc2)nc1. The number of hydrogen-bond acceptors (Lipinski definition) is 3. The molecule has 0 unspecified atom stereocenters. The predicted molar refractivity (Wildman–Crippen MR) is 97.8 cm³/mol. The molecule has 0 aliphatic carbocycles. The number of aryl methyl sites for hydroxylation is 2. The van der Waals surface area contributed by atoms with Gasteiger partial charge in [-0.1, -0.05) is 36.4 Å². The minimum absolute atomic E-state index is 0.222. The highest BCUT2D eigenvalue weighted by atomic mass is 16.1. The second-order valence-corrected chi connectivity index (χ2v) is 5.64. The molecule has 0 atom stereocenters. The Balaban J connectivity index is 1.72. The van der Waals surface area contributed by atoms with Crippen LogP contribution in [0, 0.1) is 13.8 Å². The zero-order chi connectivity index (χ0) is 16.9. The average molecular weight is 317 g/mol. The van der Waals surface area contributed by atoms with Crippen molar-refractivity contribution in [3.8, 4) is 0 Å². The highest BCUT2D eigenvalue weighted by molar-refractivity contribution is 6.02. The maximum Gasteiger partial charge on any atom is 0.274 e. The first-order chi connectivity index (χ1) is 11.6. The first kappa shape index (κ1) is 15.7. The zero-order valence-electron chi connectivity index (χ0n) is 13.7. The van der Waals surface area contributed by atoms with Crippen LogP contribution in [0.15, 0.2) is 66.9 Å². The third-order valence-corrected chi connectivity index (χ3v) is 3.78. The Morgan fingerprint density at radius 2 is 1.54 bits per heavy atom. The summed E-state index contributed by atoms with van der Waals surface area (Å²) in [5, 5.41) is 6.19. The molecular formula is C20H19N3O. The van der Waals surface area contributed by atoms with E-state index in [1.165, 1.54) is 11.1 Å². The lowest BCUT2D eigenvalue weighted by molar-refractivity contribution is 0.102. The van der Waals surface area contributed by atoms with Crippen molar-refractivity contribution in [2.45, 2.75) is 13.8 Å². The molecule has 0 saturated carbocycles. The Morgan fingerprint density at radius 3 is 2.17 bits per heavy atom. The average Bonchev–Trinajstić information content (AvgIpc) is 2.60. The number of pyridine rings is 1. The molecule has 1 aromatic heterocycles. The largest absolute Gasteiger partial charge is 0.354 e. The van der Waals surface area contributed by atoms with Gasteiger partial charge in [-0.2, -0.15) is 0 Å². The lowest BCUT2D eigenvalue weighted by atomic mass is 10.1. The number of nitrogens with zero attached hydrogens (tertiary/aromatic N) is 1. The molecule has 3 aromatic rings. The summed E-state index contributed by atoms with van der Waals surface area (Å²) in [6, 6.07) is 19.1. The van der Waals surface area contributed by atoms with Gasteiger partial charge in [-0.15, -0.1) is 0 Å². The highest BCUT2D eigenvalue weighted by Crippen LogP contribution is 2.24. The molecule has 4 heteroatoms. The fourth-order valence-electron chi connectivity index (χ4n) is 2.47. The topological polar surface area (TPSA) is 54.0 Å². The molecule has 1 heterocycles. The van der Waals surface area contributed by atoms with Gasteiger partial charge >= 0.3 is 0 Å². The predicted octanol–water partition coefficient (Wildman–Crippen LogP) is 4.69. The van der Waals surface area contributed by atoms with Crippen molar-refractivity contribution in [1.29, 1.82) is 0 Å². The van der Waals surface area contributed by atoms with Crippen molar-refractivity contribution < 1.29 is 4.79 Å². The Labute approximate surface area is 141 Å². The van der Waals surface area contributed by atoms with E-state index in [2.05, 4.69) is 41.6 Å². The standard InChI is InChI=1S/C20H19N3O/c1-14-7-6-8-15(2)19(14)22-17-11-12-18(21-13-17)20(24)23-16-9-4-3-5-10-16/h3-13,22H,1-2H3,(H,23,24). The summed E-state index contributed by atoms with van der Waals surface area (Å²) in [6.07, 6.45) is 1.67. The third kappa shape index (κ3) is 3.60. The number of carbonyl (C=O) groups excluding carboxylic acids is 1. The molecule has 0 aliphatic rings. The smallest absolute Gasteiger partial charge is 0.274 e. The Bertz CT molecular complexity index is 822. The van der Waals surface area contributed by atoms with Crippen molar-refractivity contribution in [1.82, 2.24) is 4.98 Å². The lowest BCUT2D eigenvalue weighted by Gasteiger charge is -2.12. The van der Waals surface area contributed by atoms with Crippen LogP contribution in [-0.4, -0.2) is 10.9 Å². The molecule has 3 rings (SSSR count). The Hall–Kier alpha value is -3.14. The molecule has 2 N–H and O–H groups in total. The molecule has 0 radical (unpaired) electrons. The van der Waals surface area contributed by atoms with Gasteiger partial charge in [0.25, 0.3) is 5.91 Å². The molecule has 4 nitrogen and oxygen atoms in total. The van der Waals surface area contributed by atoms with Gasteiger partial charge in [0, 0.05) is 11.4 Å². The van der Waals surface area contributed by atoms with Crippen molar-refractivity contribution in [2.24, 2.45) is 0 Å². The summed E-state index contributed by atoms with van der Waals surface area (Å²) < 4.78 is 0. The second-order valence-electron chi connectivity index (χ2n) is 5.64. The fraction of sp³-hybridized carbons (Fsp3) is 0.100. The van der Waals surface area contributed by atoms with Crippen molar-refractivity contribution in [3.05, 3.63) is 83.7 Å². The van der Waals surface area contributed by atoms with Gasteiger partial charge < -0.3 is 10.6 Å². The number of hydrogen-bond donors (Lipinski definition) is 2. The monoisotopic (exact) mass is 317 g/mol. The first-order valence-electron chi connectivity index (χ1n) is 7.79. The van der Waals surface area contributed by atoms with Crippen molar-refractivity contribution in [2.75, 3.05) is 10.6 Å². The summed E-state index contributed by atoms with van der Waals surface area (Å²) in [7, 11) is 0. The molecule has 0 fully saturated rings. The molecule has 1 amide bonds.